The number of likely N-dealkylation sites (tertiary alicyclic amines) is 1. The number of carbonyl (C=O) groups excluding carboxylic acids is 2. The largest absolute Gasteiger partial charge is 0.370 e. The highest BCUT2D eigenvalue weighted by Gasteiger charge is 2.32. The maximum atomic E-state index is 13.1. The Morgan fingerprint density at radius 1 is 1.08 bits per heavy atom. The first-order valence-corrected chi connectivity index (χ1v) is 9.41. The molecule has 3 rings (SSSR count). The molecule has 2 amide bonds. The lowest BCUT2D eigenvalue weighted by atomic mass is 9.93. The fourth-order valence-electron chi connectivity index (χ4n) is 3.93. The van der Waals surface area contributed by atoms with Crippen molar-refractivity contribution in [1.82, 2.24) is 4.90 Å². The molecule has 25 heavy (non-hydrogen) atoms. The van der Waals surface area contributed by atoms with Gasteiger partial charge in [0.2, 0.25) is 5.91 Å². The lowest BCUT2D eigenvalue weighted by Gasteiger charge is -2.34. The molecule has 1 aromatic rings. The smallest absolute Gasteiger partial charge is 0.256 e. The van der Waals surface area contributed by atoms with Gasteiger partial charge >= 0.3 is 0 Å². The molecule has 2 fully saturated rings. The highest BCUT2D eigenvalue weighted by molar-refractivity contribution is 5.82. The SMILES string of the molecule is NC(=O)CC1CCN(C(=O)C(OC2CCCC2)c2ccccc2)CC1. The second-order valence-electron chi connectivity index (χ2n) is 7.27. The summed E-state index contributed by atoms with van der Waals surface area (Å²) in [7, 11) is 0. The van der Waals surface area contributed by atoms with E-state index in [1.807, 2.05) is 35.2 Å². The van der Waals surface area contributed by atoms with E-state index in [9.17, 15) is 9.59 Å². The van der Waals surface area contributed by atoms with E-state index in [2.05, 4.69) is 0 Å². The number of nitrogens with two attached hydrogens (primary N) is 1. The average Bonchev–Trinajstić information content (AvgIpc) is 3.13. The summed E-state index contributed by atoms with van der Waals surface area (Å²) in [6.45, 7) is 1.35. The number of amides is 2. The quantitative estimate of drug-likeness (QED) is 0.862. The predicted octanol–water partition coefficient (Wildman–Crippen LogP) is 2.80. The maximum absolute atomic E-state index is 13.1. The molecule has 2 N–H and O–H groups in total. The minimum absolute atomic E-state index is 0.0515. The summed E-state index contributed by atoms with van der Waals surface area (Å²) in [6.07, 6.45) is 6.19. The van der Waals surface area contributed by atoms with Crippen LogP contribution in [0.1, 0.15) is 56.6 Å². The third-order valence-corrected chi connectivity index (χ3v) is 5.37. The van der Waals surface area contributed by atoms with E-state index in [0.29, 0.717) is 25.4 Å². The molecule has 1 aromatic carbocycles. The second-order valence-corrected chi connectivity index (χ2v) is 7.27. The molecule has 1 saturated heterocycles. The molecular weight excluding hydrogens is 316 g/mol. The van der Waals surface area contributed by atoms with E-state index in [1.165, 1.54) is 12.8 Å². The number of hydrogen-bond donors (Lipinski definition) is 1. The molecule has 5 nitrogen and oxygen atoms in total. The summed E-state index contributed by atoms with van der Waals surface area (Å²) in [6, 6.07) is 9.80. The van der Waals surface area contributed by atoms with Crippen molar-refractivity contribution in [2.45, 2.75) is 57.2 Å². The summed E-state index contributed by atoms with van der Waals surface area (Å²) in [5.74, 6) is 0.0969. The van der Waals surface area contributed by atoms with Crippen LogP contribution in [0.25, 0.3) is 0 Å². The molecule has 1 aliphatic carbocycles. The molecule has 136 valence electrons. The van der Waals surface area contributed by atoms with Gasteiger partial charge in [0.1, 0.15) is 0 Å². The minimum atomic E-state index is -0.517. The lowest BCUT2D eigenvalue weighted by molar-refractivity contribution is -0.149. The number of rotatable bonds is 6. The van der Waals surface area contributed by atoms with Crippen LogP contribution in [0.15, 0.2) is 30.3 Å². The minimum Gasteiger partial charge on any atom is -0.370 e. The zero-order valence-corrected chi connectivity index (χ0v) is 14.7. The normalized spacial score (nSPS) is 20.6. The van der Waals surface area contributed by atoms with E-state index < -0.39 is 6.10 Å². The van der Waals surface area contributed by atoms with Crippen LogP contribution in [-0.2, 0) is 14.3 Å². The average molecular weight is 344 g/mol. The molecule has 1 atom stereocenters. The first-order valence-electron chi connectivity index (χ1n) is 9.41. The highest BCUT2D eigenvalue weighted by Crippen LogP contribution is 2.30. The Hall–Kier alpha value is -1.88. The third-order valence-electron chi connectivity index (χ3n) is 5.37. The molecule has 1 aliphatic heterocycles. The molecule has 1 unspecified atom stereocenters. The van der Waals surface area contributed by atoms with Crippen molar-refractivity contribution in [3.8, 4) is 0 Å². The topological polar surface area (TPSA) is 72.6 Å². The van der Waals surface area contributed by atoms with Gasteiger partial charge in [-0.3, -0.25) is 9.59 Å². The summed E-state index contributed by atoms with van der Waals surface area (Å²) < 4.78 is 6.24. The molecule has 1 saturated carbocycles. The van der Waals surface area contributed by atoms with Crippen molar-refractivity contribution >= 4 is 11.8 Å². The van der Waals surface area contributed by atoms with E-state index in [4.69, 9.17) is 10.5 Å². The van der Waals surface area contributed by atoms with Crippen LogP contribution in [0, 0.1) is 5.92 Å². The number of ether oxygens (including phenoxy) is 1. The summed E-state index contributed by atoms with van der Waals surface area (Å²) in [5, 5.41) is 0. The van der Waals surface area contributed by atoms with Gasteiger partial charge in [0.25, 0.3) is 5.91 Å². The van der Waals surface area contributed by atoms with E-state index in [0.717, 1.165) is 31.2 Å². The first-order chi connectivity index (χ1) is 12.1. The van der Waals surface area contributed by atoms with Crippen molar-refractivity contribution in [2.75, 3.05) is 13.1 Å². The Morgan fingerprint density at radius 3 is 2.32 bits per heavy atom. The second kappa shape index (κ2) is 8.48. The van der Waals surface area contributed by atoms with Crippen molar-refractivity contribution in [1.29, 1.82) is 0 Å². The van der Waals surface area contributed by atoms with Crippen LogP contribution in [0.5, 0.6) is 0 Å². The van der Waals surface area contributed by atoms with Crippen molar-refractivity contribution in [3.05, 3.63) is 35.9 Å². The number of hydrogen-bond acceptors (Lipinski definition) is 3. The Morgan fingerprint density at radius 2 is 1.72 bits per heavy atom. The van der Waals surface area contributed by atoms with Gasteiger partial charge < -0.3 is 15.4 Å². The zero-order chi connectivity index (χ0) is 17.6. The number of primary amides is 1. The molecule has 0 radical (unpaired) electrons. The summed E-state index contributed by atoms with van der Waals surface area (Å²) in [5.41, 5.74) is 6.22. The van der Waals surface area contributed by atoms with Crippen LogP contribution in [0.4, 0.5) is 0 Å². The maximum Gasteiger partial charge on any atom is 0.256 e. The van der Waals surface area contributed by atoms with Gasteiger partial charge in [-0.2, -0.15) is 0 Å². The van der Waals surface area contributed by atoms with Gasteiger partial charge in [-0.05, 0) is 37.2 Å². The van der Waals surface area contributed by atoms with Crippen LogP contribution >= 0.6 is 0 Å². The molecule has 1 heterocycles. The molecule has 0 aromatic heterocycles. The van der Waals surface area contributed by atoms with Gasteiger partial charge in [-0.25, -0.2) is 0 Å². The van der Waals surface area contributed by atoms with Gasteiger partial charge in [0.05, 0.1) is 6.10 Å². The number of benzene rings is 1. The lowest BCUT2D eigenvalue weighted by Crippen LogP contribution is -2.42. The zero-order valence-electron chi connectivity index (χ0n) is 14.7. The van der Waals surface area contributed by atoms with Gasteiger partial charge in [-0.15, -0.1) is 0 Å². The van der Waals surface area contributed by atoms with Crippen molar-refractivity contribution < 1.29 is 14.3 Å². The van der Waals surface area contributed by atoms with E-state index >= 15 is 0 Å². The fourth-order valence-corrected chi connectivity index (χ4v) is 3.93. The number of nitrogens with zero attached hydrogens (tertiary/aromatic N) is 1. The van der Waals surface area contributed by atoms with E-state index in [-0.39, 0.29) is 17.9 Å². The Bertz CT molecular complexity index is 576. The first kappa shape index (κ1) is 17.9. The molecule has 5 heteroatoms. The van der Waals surface area contributed by atoms with Gasteiger partial charge in [-0.1, -0.05) is 43.2 Å². The third kappa shape index (κ3) is 4.82. The van der Waals surface area contributed by atoms with Crippen molar-refractivity contribution in [2.24, 2.45) is 11.7 Å². The predicted molar refractivity (Wildman–Crippen MR) is 95.6 cm³/mol. The van der Waals surface area contributed by atoms with Crippen LogP contribution in [0.2, 0.25) is 0 Å². The van der Waals surface area contributed by atoms with Crippen LogP contribution in [0.3, 0.4) is 0 Å². The Labute approximate surface area is 149 Å². The van der Waals surface area contributed by atoms with E-state index in [1.54, 1.807) is 0 Å². The molecule has 2 aliphatic rings. The van der Waals surface area contributed by atoms with Gasteiger partial charge in [0, 0.05) is 19.5 Å². The monoisotopic (exact) mass is 344 g/mol. The Kier molecular flexibility index (Phi) is 6.08. The fraction of sp³-hybridized carbons (Fsp3) is 0.600. The summed E-state index contributed by atoms with van der Waals surface area (Å²) in [4.78, 5) is 26.1. The molecule has 0 spiro atoms. The summed E-state index contributed by atoms with van der Waals surface area (Å²) >= 11 is 0. The highest BCUT2D eigenvalue weighted by atomic mass is 16.5. The Balaban J connectivity index is 1.66. The van der Waals surface area contributed by atoms with Crippen molar-refractivity contribution in [3.63, 3.8) is 0 Å². The molecular formula is C20H28N2O3. The van der Waals surface area contributed by atoms with Crippen LogP contribution in [-0.4, -0.2) is 35.9 Å². The van der Waals surface area contributed by atoms with Gasteiger partial charge in [0.15, 0.2) is 6.10 Å². The standard InChI is InChI=1S/C20H28N2O3/c21-18(23)14-15-10-12-22(13-11-15)20(24)19(16-6-2-1-3-7-16)25-17-8-4-5-9-17/h1-3,6-7,15,17,19H,4-5,8-14H2,(H2,21,23). The number of piperidine rings is 1. The number of carbonyl (C=O) groups is 2. The van der Waals surface area contributed by atoms with Crippen LogP contribution < -0.4 is 5.73 Å². The molecule has 0 bridgehead atoms.